The number of hydrogen-bond donors (Lipinski definition) is 0. The van der Waals surface area contributed by atoms with Crippen molar-refractivity contribution in [1.82, 2.24) is 0 Å². The second-order valence-corrected chi connectivity index (χ2v) is 0.0913. The van der Waals surface area contributed by atoms with Crippen molar-refractivity contribution in [1.29, 1.82) is 0 Å². The van der Waals surface area contributed by atoms with Crippen LogP contribution in [0.15, 0.2) is 0 Å². The Morgan fingerprint density at radius 3 is 1.60 bits per heavy atom. The minimum atomic E-state index is 0. The van der Waals surface area contributed by atoms with E-state index < -0.39 is 0 Å². The molecule has 0 heterocycles. The molecule has 24 valence electrons. The molecule has 3 nitrogen and oxygen atoms in total. The predicted octanol–water partition coefficient (Wildman–Crippen LogP) is -0.288. The van der Waals surface area contributed by atoms with Gasteiger partial charge in [0.15, 0.2) is 0 Å². The van der Waals surface area contributed by atoms with Crippen molar-refractivity contribution in [2.75, 3.05) is 0 Å². The Kier molecular flexibility index (Phi) is 152. The van der Waals surface area contributed by atoms with Gasteiger partial charge in [-0.2, -0.15) is 0 Å². The molecule has 0 saturated heterocycles. The minimum absolute atomic E-state index is 0. The van der Waals surface area contributed by atoms with Crippen LogP contribution in [0.4, 0.5) is 0 Å². The van der Waals surface area contributed by atoms with E-state index in [2.05, 4.69) is 0 Å². The fraction of sp³-hybridized carbons (Fsp3) is 0. The molecule has 0 saturated carbocycles. The van der Waals surface area contributed by atoms with Gasteiger partial charge in [-0.25, -0.2) is 0 Å². The summed E-state index contributed by atoms with van der Waals surface area (Å²) in [6, 6.07) is 0. The quantitative estimate of drug-likeness (QED) is 0.253. The molecule has 5 heavy (non-hydrogen) atoms. The van der Waals surface area contributed by atoms with Gasteiger partial charge in [0.1, 0.15) is 0 Å². The number of nitrogens with zero attached hydrogens (tertiary/aromatic N) is 1. The number of carbonyl (C=O) groups excluding carboxylic acids is 1. The Balaban J connectivity index is -0.0000000200. The average molecular weight is 124 g/mol. The first-order valence-electron chi connectivity index (χ1n) is 0.428. The Morgan fingerprint density at radius 1 is 1.60 bits per heavy atom. The van der Waals surface area contributed by atoms with Gasteiger partial charge in [-0.15, -0.1) is 0 Å². The molecule has 0 unspecified atom stereocenters. The molecule has 0 spiro atoms. The van der Waals surface area contributed by atoms with Crippen molar-refractivity contribution in [2.45, 2.75) is 0 Å². The first kappa shape index (κ1) is 20.2. The fourth-order valence-electron chi connectivity index (χ4n) is 0. The van der Waals surface area contributed by atoms with Crippen molar-refractivity contribution < 1.29 is 29.7 Å². The zero-order valence-corrected chi connectivity index (χ0v) is 5.48. The molecule has 1 N–H and O–H groups in total. The summed E-state index contributed by atoms with van der Waals surface area (Å²) in [6.45, 7) is 0. The molecule has 0 aromatic carbocycles. The van der Waals surface area contributed by atoms with Crippen LogP contribution in [-0.4, -0.2) is 11.6 Å². The molecule has 0 rings (SSSR count). The van der Waals surface area contributed by atoms with Crippen LogP contribution >= 0.6 is 0 Å². The molecule has 0 amide bonds. The maximum atomic E-state index is 8.24. The predicted molar refractivity (Wildman–Crippen MR) is 11.0 cm³/mol. The van der Waals surface area contributed by atoms with Gasteiger partial charge in [-0.05, 0) is 6.08 Å². The number of hydrogen-bond acceptors (Lipinski definition) is 2. The van der Waals surface area contributed by atoms with Gasteiger partial charge >= 0.3 is 19.5 Å². The van der Waals surface area contributed by atoms with Crippen molar-refractivity contribution in [3.63, 3.8) is 0 Å². The summed E-state index contributed by atoms with van der Waals surface area (Å²) in [6.07, 6.45) is 0.500. The molecule has 0 aliphatic rings. The molecular weight excluding hydrogens is 123 g/mol. The van der Waals surface area contributed by atoms with Crippen LogP contribution in [0.3, 0.4) is 0 Å². The summed E-state index contributed by atoms with van der Waals surface area (Å²) in [4.78, 5) is 8.24. The van der Waals surface area contributed by atoms with E-state index in [1.54, 1.807) is 0 Å². The second kappa shape index (κ2) is 37.5. The third kappa shape index (κ3) is 11400. The molecule has 0 aromatic heterocycles. The van der Waals surface area contributed by atoms with Gasteiger partial charge < -0.3 is 10.9 Å². The summed E-state index contributed by atoms with van der Waals surface area (Å²) in [7, 11) is 0. The molecule has 0 bridgehead atoms. The molecule has 0 fully saturated rings. The van der Waals surface area contributed by atoms with E-state index in [-0.39, 0.29) is 25.0 Å². The van der Waals surface area contributed by atoms with Crippen LogP contribution in [0.25, 0.3) is 5.41 Å². The molecule has 0 radical (unpaired) electrons. The first-order chi connectivity index (χ1) is 1.41. The Labute approximate surface area is 42.0 Å². The monoisotopic (exact) mass is 123 g/mol. The first-order valence-corrected chi connectivity index (χ1v) is 0.428. The minimum Gasteiger partial charge on any atom is -0.870 e. The zero-order chi connectivity index (χ0) is 2.71. The Hall–Kier alpha value is -0.0366. The summed E-state index contributed by atoms with van der Waals surface area (Å²) in [5.74, 6) is 0. The van der Waals surface area contributed by atoms with Crippen LogP contribution in [0.2, 0.25) is 0 Å². The van der Waals surface area contributed by atoms with Crippen molar-refractivity contribution >= 4 is 6.08 Å². The van der Waals surface area contributed by atoms with Crippen LogP contribution < -0.4 is 0 Å². The SMILES string of the molecule is [N-]=C=O.[OH-].[Zn+2]. The normalized spacial score (nSPS) is 1.60. The van der Waals surface area contributed by atoms with Crippen LogP contribution in [0.5, 0.6) is 0 Å². The molecule has 0 aliphatic heterocycles. The van der Waals surface area contributed by atoms with E-state index in [0.29, 0.717) is 6.08 Å². The standard InChI is InChI=1S/CNO.H2O.Zn/c2-1-3;;/h;1H2;/q-1;;+2/p-1. The van der Waals surface area contributed by atoms with Gasteiger partial charge in [0.2, 0.25) is 0 Å². The van der Waals surface area contributed by atoms with Gasteiger partial charge in [0.05, 0.1) is 0 Å². The summed E-state index contributed by atoms with van der Waals surface area (Å²) >= 11 is 0. The Bertz CT molecular complexity index is 30.6. The largest absolute Gasteiger partial charge is 2.00 e. The summed E-state index contributed by atoms with van der Waals surface area (Å²) in [5, 5.41) is 6.76. The van der Waals surface area contributed by atoms with Crippen molar-refractivity contribution in [2.24, 2.45) is 0 Å². The van der Waals surface area contributed by atoms with E-state index in [1.807, 2.05) is 0 Å². The second-order valence-electron chi connectivity index (χ2n) is 0.0913. The molecule has 4 heteroatoms. The van der Waals surface area contributed by atoms with E-state index in [4.69, 9.17) is 10.2 Å². The third-order valence-corrected chi connectivity index (χ3v) is 0. The Morgan fingerprint density at radius 2 is 1.60 bits per heavy atom. The summed E-state index contributed by atoms with van der Waals surface area (Å²) in [5.41, 5.74) is 0. The molecule has 0 atom stereocenters. The van der Waals surface area contributed by atoms with E-state index in [1.165, 1.54) is 0 Å². The third-order valence-electron chi connectivity index (χ3n) is 0. The van der Waals surface area contributed by atoms with E-state index in [9.17, 15) is 0 Å². The van der Waals surface area contributed by atoms with Crippen LogP contribution in [0, 0.1) is 0 Å². The van der Waals surface area contributed by atoms with Crippen LogP contribution in [0.1, 0.15) is 0 Å². The maximum Gasteiger partial charge on any atom is 2.00 e. The molecule has 0 aliphatic carbocycles. The van der Waals surface area contributed by atoms with Crippen molar-refractivity contribution in [3.05, 3.63) is 5.41 Å². The van der Waals surface area contributed by atoms with Gasteiger partial charge in [-0.3, -0.25) is 4.79 Å². The molecule has 0 aromatic rings. The van der Waals surface area contributed by atoms with Gasteiger partial charge in [-0.1, -0.05) is 0 Å². The van der Waals surface area contributed by atoms with Gasteiger partial charge in [0.25, 0.3) is 0 Å². The smallest absolute Gasteiger partial charge is 0.870 e. The maximum absolute atomic E-state index is 8.24. The molecular formula is CHNO2Zn. The number of isocyanates is 1. The zero-order valence-electron chi connectivity index (χ0n) is 2.51. The fourth-order valence-corrected chi connectivity index (χ4v) is 0. The van der Waals surface area contributed by atoms with Crippen molar-refractivity contribution in [3.8, 4) is 0 Å². The van der Waals surface area contributed by atoms with Crippen LogP contribution in [-0.2, 0) is 24.3 Å². The average Bonchev–Trinajstić information content (AvgIpc) is 0.918. The van der Waals surface area contributed by atoms with Gasteiger partial charge in [0, 0.05) is 0 Å². The summed E-state index contributed by atoms with van der Waals surface area (Å²) < 4.78 is 0. The van der Waals surface area contributed by atoms with E-state index >= 15 is 0 Å². The topological polar surface area (TPSA) is 69.4 Å². The number of rotatable bonds is 0. The van der Waals surface area contributed by atoms with E-state index in [0.717, 1.165) is 0 Å².